The Morgan fingerprint density at radius 1 is 1.17 bits per heavy atom. The summed E-state index contributed by atoms with van der Waals surface area (Å²) in [5.74, 6) is 1.10. The van der Waals surface area contributed by atoms with Crippen LogP contribution in [-0.4, -0.2) is 5.84 Å². The fraction of sp³-hybridized carbons (Fsp3) is 0. The third-order valence-electron chi connectivity index (χ3n) is 2.27. The summed E-state index contributed by atoms with van der Waals surface area (Å²) >= 11 is 9.22. The summed E-state index contributed by atoms with van der Waals surface area (Å²) in [6.45, 7) is 0. The van der Waals surface area contributed by atoms with Crippen molar-refractivity contribution in [2.45, 2.75) is 0 Å². The largest absolute Gasteiger partial charge is 0.457 e. The molecule has 2 aromatic rings. The molecule has 3 N–H and O–H groups in total. The molecule has 0 saturated heterocycles. The molecule has 5 heteroatoms. The van der Waals surface area contributed by atoms with E-state index in [1.807, 2.05) is 24.3 Å². The highest BCUT2D eigenvalue weighted by atomic mass is 79.9. The Labute approximate surface area is 118 Å². The van der Waals surface area contributed by atoms with Gasteiger partial charge in [0.15, 0.2) is 0 Å². The average molecular weight is 326 g/mol. The predicted octanol–water partition coefficient (Wildman–Crippen LogP) is 4.18. The Balaban J connectivity index is 2.34. The predicted molar refractivity (Wildman–Crippen MR) is 76.7 cm³/mol. The fourth-order valence-electron chi connectivity index (χ4n) is 1.43. The number of hydrogen-bond donors (Lipinski definition) is 2. The summed E-state index contributed by atoms with van der Waals surface area (Å²) < 4.78 is 6.65. The van der Waals surface area contributed by atoms with Crippen LogP contribution in [0.2, 0.25) is 5.02 Å². The Morgan fingerprint density at radius 2 is 1.83 bits per heavy atom. The van der Waals surface area contributed by atoms with Gasteiger partial charge in [0.05, 0.1) is 5.56 Å². The van der Waals surface area contributed by atoms with Gasteiger partial charge in [0.1, 0.15) is 17.3 Å². The first-order valence-electron chi connectivity index (χ1n) is 5.13. The topological polar surface area (TPSA) is 59.1 Å². The van der Waals surface area contributed by atoms with Crippen molar-refractivity contribution < 1.29 is 4.74 Å². The molecule has 0 unspecified atom stereocenters. The van der Waals surface area contributed by atoms with Gasteiger partial charge in [-0.25, -0.2) is 0 Å². The van der Waals surface area contributed by atoms with Gasteiger partial charge >= 0.3 is 0 Å². The van der Waals surface area contributed by atoms with Gasteiger partial charge in [-0.2, -0.15) is 0 Å². The van der Waals surface area contributed by atoms with Gasteiger partial charge in [-0.15, -0.1) is 0 Å². The number of nitrogens with one attached hydrogen (secondary N) is 1. The minimum Gasteiger partial charge on any atom is -0.457 e. The molecule has 0 spiro atoms. The van der Waals surface area contributed by atoms with Crippen molar-refractivity contribution in [2.75, 3.05) is 0 Å². The van der Waals surface area contributed by atoms with E-state index in [1.54, 1.807) is 18.2 Å². The molecule has 0 amide bonds. The zero-order valence-electron chi connectivity index (χ0n) is 9.28. The highest BCUT2D eigenvalue weighted by molar-refractivity contribution is 9.10. The van der Waals surface area contributed by atoms with E-state index in [-0.39, 0.29) is 5.84 Å². The number of nitrogens with two attached hydrogens (primary N) is 1. The second-order valence-electron chi connectivity index (χ2n) is 3.61. The van der Waals surface area contributed by atoms with Crippen molar-refractivity contribution >= 4 is 33.4 Å². The van der Waals surface area contributed by atoms with Gasteiger partial charge in [-0.1, -0.05) is 27.5 Å². The molecule has 0 saturated carbocycles. The third-order valence-corrected chi connectivity index (χ3v) is 3.04. The van der Waals surface area contributed by atoms with Crippen molar-refractivity contribution in [3.05, 3.63) is 57.5 Å². The van der Waals surface area contributed by atoms with Gasteiger partial charge in [0, 0.05) is 9.50 Å². The Kier molecular flexibility index (Phi) is 3.89. The Bertz CT molecular complexity index is 584. The number of ether oxygens (including phenoxy) is 1. The van der Waals surface area contributed by atoms with Crippen LogP contribution in [0, 0.1) is 5.41 Å². The van der Waals surface area contributed by atoms with Crippen LogP contribution in [0.3, 0.4) is 0 Å². The smallest absolute Gasteiger partial charge is 0.138 e. The van der Waals surface area contributed by atoms with Crippen LogP contribution in [0.25, 0.3) is 0 Å². The first-order chi connectivity index (χ1) is 8.56. The van der Waals surface area contributed by atoms with E-state index in [1.165, 1.54) is 0 Å². The van der Waals surface area contributed by atoms with Crippen LogP contribution in [0.1, 0.15) is 5.56 Å². The lowest BCUT2D eigenvalue weighted by molar-refractivity contribution is 0.481. The molecular formula is C13H10BrClN2O. The number of amidine groups is 1. The first-order valence-corrected chi connectivity index (χ1v) is 6.31. The Morgan fingerprint density at radius 3 is 2.44 bits per heavy atom. The zero-order valence-corrected chi connectivity index (χ0v) is 11.6. The normalized spacial score (nSPS) is 10.1. The first kappa shape index (κ1) is 12.9. The lowest BCUT2D eigenvalue weighted by Crippen LogP contribution is -2.12. The van der Waals surface area contributed by atoms with Crippen molar-refractivity contribution in [3.8, 4) is 11.5 Å². The maximum absolute atomic E-state index is 7.50. The average Bonchev–Trinajstić information content (AvgIpc) is 2.34. The quantitative estimate of drug-likeness (QED) is 0.657. The number of rotatable bonds is 3. The molecule has 0 fully saturated rings. The van der Waals surface area contributed by atoms with Gasteiger partial charge < -0.3 is 10.5 Å². The molecule has 3 nitrogen and oxygen atoms in total. The fourth-order valence-corrected chi connectivity index (χ4v) is 1.87. The molecule has 0 aliphatic heterocycles. The highest BCUT2D eigenvalue weighted by Gasteiger charge is 2.08. The lowest BCUT2D eigenvalue weighted by atomic mass is 10.2. The van der Waals surface area contributed by atoms with Gasteiger partial charge in [0.2, 0.25) is 0 Å². The van der Waals surface area contributed by atoms with Gasteiger partial charge in [-0.05, 0) is 42.5 Å². The van der Waals surface area contributed by atoms with E-state index < -0.39 is 0 Å². The van der Waals surface area contributed by atoms with E-state index in [4.69, 9.17) is 27.5 Å². The molecule has 0 bridgehead atoms. The summed E-state index contributed by atoms with van der Waals surface area (Å²) in [7, 11) is 0. The lowest BCUT2D eigenvalue weighted by Gasteiger charge is -2.10. The van der Waals surface area contributed by atoms with E-state index in [0.29, 0.717) is 22.1 Å². The van der Waals surface area contributed by atoms with Crippen molar-refractivity contribution in [3.63, 3.8) is 0 Å². The number of benzene rings is 2. The summed E-state index contributed by atoms with van der Waals surface area (Å²) in [4.78, 5) is 0. The van der Waals surface area contributed by atoms with Crippen molar-refractivity contribution in [1.82, 2.24) is 0 Å². The monoisotopic (exact) mass is 324 g/mol. The minimum atomic E-state index is -0.0791. The van der Waals surface area contributed by atoms with Crippen LogP contribution < -0.4 is 10.5 Å². The SMILES string of the molecule is N=C(N)c1cc(Cl)ccc1Oc1ccc(Br)cc1. The molecule has 18 heavy (non-hydrogen) atoms. The standard InChI is InChI=1S/C13H10BrClN2O/c14-8-1-4-10(5-2-8)18-12-6-3-9(15)7-11(12)13(16)17/h1-7H,(H3,16,17). The summed E-state index contributed by atoms with van der Waals surface area (Å²) in [5.41, 5.74) is 5.98. The summed E-state index contributed by atoms with van der Waals surface area (Å²) in [6, 6.07) is 12.4. The van der Waals surface area contributed by atoms with Crippen molar-refractivity contribution in [1.29, 1.82) is 5.41 Å². The second-order valence-corrected chi connectivity index (χ2v) is 4.96. The minimum absolute atomic E-state index is 0.0791. The zero-order chi connectivity index (χ0) is 13.1. The van der Waals surface area contributed by atoms with E-state index in [9.17, 15) is 0 Å². The van der Waals surface area contributed by atoms with Crippen LogP contribution in [0.5, 0.6) is 11.5 Å². The molecule has 0 aromatic heterocycles. The third kappa shape index (κ3) is 3.03. The molecular weight excluding hydrogens is 316 g/mol. The summed E-state index contributed by atoms with van der Waals surface area (Å²) in [6.07, 6.45) is 0. The maximum Gasteiger partial charge on any atom is 0.138 e. The molecule has 0 aliphatic rings. The molecule has 2 aromatic carbocycles. The molecule has 92 valence electrons. The number of hydrogen-bond acceptors (Lipinski definition) is 2. The van der Waals surface area contributed by atoms with Gasteiger partial charge in [0.25, 0.3) is 0 Å². The number of nitrogen functional groups attached to an aromatic ring is 1. The van der Waals surface area contributed by atoms with Gasteiger partial charge in [-0.3, -0.25) is 5.41 Å². The molecule has 0 radical (unpaired) electrons. The Hall–Kier alpha value is -1.52. The second kappa shape index (κ2) is 5.42. The molecule has 2 rings (SSSR count). The molecule has 0 heterocycles. The maximum atomic E-state index is 7.50. The van der Waals surface area contributed by atoms with Crippen molar-refractivity contribution in [2.24, 2.45) is 5.73 Å². The van der Waals surface area contributed by atoms with E-state index in [0.717, 1.165) is 4.47 Å². The van der Waals surface area contributed by atoms with Crippen LogP contribution >= 0.6 is 27.5 Å². The van der Waals surface area contributed by atoms with Crippen LogP contribution in [-0.2, 0) is 0 Å². The number of halogens is 2. The molecule has 0 aliphatic carbocycles. The molecule has 0 atom stereocenters. The van der Waals surface area contributed by atoms with E-state index in [2.05, 4.69) is 15.9 Å². The van der Waals surface area contributed by atoms with Crippen LogP contribution in [0.15, 0.2) is 46.9 Å². The highest BCUT2D eigenvalue weighted by Crippen LogP contribution is 2.28. The summed E-state index contributed by atoms with van der Waals surface area (Å²) in [5, 5.41) is 8.02. The van der Waals surface area contributed by atoms with Crippen LogP contribution in [0.4, 0.5) is 0 Å². The van der Waals surface area contributed by atoms with E-state index >= 15 is 0 Å².